The summed E-state index contributed by atoms with van der Waals surface area (Å²) in [5.41, 5.74) is 6.35. The molecule has 0 bridgehead atoms. The molecule has 4 N–H and O–H groups in total. The van der Waals surface area contributed by atoms with Gasteiger partial charge in [0, 0.05) is 17.3 Å². The van der Waals surface area contributed by atoms with Crippen molar-refractivity contribution in [2.45, 2.75) is 19.0 Å². The minimum atomic E-state index is -3.75. The van der Waals surface area contributed by atoms with Crippen LogP contribution in [0.15, 0.2) is 54.7 Å². The highest BCUT2D eigenvalue weighted by Crippen LogP contribution is 2.31. The van der Waals surface area contributed by atoms with Crippen molar-refractivity contribution >= 4 is 17.5 Å². The largest absolute Gasteiger partial charge is 0.382 e. The van der Waals surface area contributed by atoms with Crippen molar-refractivity contribution in [3.8, 4) is 11.1 Å². The van der Waals surface area contributed by atoms with E-state index >= 15 is 0 Å². The molecule has 34 heavy (non-hydrogen) atoms. The molecule has 1 atom stereocenters. The maximum Gasteiger partial charge on any atom is 0.294 e. The van der Waals surface area contributed by atoms with Crippen LogP contribution in [0.25, 0.3) is 16.8 Å². The number of benzene rings is 2. The summed E-state index contributed by atoms with van der Waals surface area (Å²) in [7, 11) is 0. The summed E-state index contributed by atoms with van der Waals surface area (Å²) in [5, 5.41) is 16.0. The number of alkyl halides is 2. The Morgan fingerprint density at radius 1 is 1.18 bits per heavy atom. The smallest absolute Gasteiger partial charge is 0.294 e. The number of aliphatic hydroxyl groups is 1. The summed E-state index contributed by atoms with van der Waals surface area (Å²) in [6.07, 6.45) is -0.745. The second-order valence-electron chi connectivity index (χ2n) is 7.73. The van der Waals surface area contributed by atoms with E-state index in [1.807, 2.05) is 0 Å². The molecule has 2 aromatic carbocycles. The normalized spacial score (nSPS) is 12.6. The SMILES string of the molecule is Cc1cc(F)c(-c2ccn3nc(N)nc3c2)cc1C(=O)NCC(F)(F)C(O)c1ccc(F)cc1. The fourth-order valence-electron chi connectivity index (χ4n) is 3.48. The molecule has 1 amide bonds. The van der Waals surface area contributed by atoms with Gasteiger partial charge in [-0.15, -0.1) is 5.10 Å². The van der Waals surface area contributed by atoms with Crippen LogP contribution in [0.1, 0.15) is 27.6 Å². The van der Waals surface area contributed by atoms with Gasteiger partial charge in [-0.05, 0) is 60.0 Å². The first kappa shape index (κ1) is 23.2. The molecule has 0 aliphatic heterocycles. The van der Waals surface area contributed by atoms with E-state index in [4.69, 9.17) is 5.73 Å². The van der Waals surface area contributed by atoms with Gasteiger partial charge in [-0.2, -0.15) is 4.98 Å². The van der Waals surface area contributed by atoms with Gasteiger partial charge in [-0.25, -0.2) is 22.1 Å². The van der Waals surface area contributed by atoms with Gasteiger partial charge >= 0.3 is 0 Å². The Bertz CT molecular complexity index is 1370. The fourth-order valence-corrected chi connectivity index (χ4v) is 3.48. The maximum atomic E-state index is 14.7. The van der Waals surface area contributed by atoms with Crippen LogP contribution in [0.5, 0.6) is 0 Å². The van der Waals surface area contributed by atoms with Crippen molar-refractivity contribution in [2.75, 3.05) is 12.3 Å². The number of nitrogens with zero attached hydrogens (tertiary/aromatic N) is 3. The van der Waals surface area contributed by atoms with Crippen LogP contribution in [0.2, 0.25) is 0 Å². The zero-order chi connectivity index (χ0) is 24.6. The van der Waals surface area contributed by atoms with Gasteiger partial charge in [0.1, 0.15) is 17.7 Å². The van der Waals surface area contributed by atoms with Gasteiger partial charge in [0.15, 0.2) is 5.65 Å². The Balaban J connectivity index is 1.56. The molecule has 0 spiro atoms. The monoisotopic (exact) mass is 473 g/mol. The van der Waals surface area contributed by atoms with E-state index in [-0.39, 0.29) is 28.2 Å². The summed E-state index contributed by atoms with van der Waals surface area (Å²) in [5.74, 6) is -5.85. The molecule has 176 valence electrons. The van der Waals surface area contributed by atoms with Crippen molar-refractivity contribution in [1.29, 1.82) is 0 Å². The Labute approximate surface area is 190 Å². The molecule has 2 heterocycles. The Morgan fingerprint density at radius 2 is 1.88 bits per heavy atom. The number of nitrogens with two attached hydrogens (primary N) is 1. The number of aliphatic hydroxyl groups excluding tert-OH is 1. The van der Waals surface area contributed by atoms with Crippen LogP contribution in [0.3, 0.4) is 0 Å². The number of carbonyl (C=O) groups is 1. The number of anilines is 1. The summed E-state index contributed by atoms with van der Waals surface area (Å²) in [6.45, 7) is 0.275. The molecule has 0 saturated heterocycles. The quantitative estimate of drug-likeness (QED) is 0.371. The average molecular weight is 473 g/mol. The lowest BCUT2D eigenvalue weighted by atomic mass is 9.98. The van der Waals surface area contributed by atoms with Gasteiger partial charge < -0.3 is 16.2 Å². The lowest BCUT2D eigenvalue weighted by Gasteiger charge is -2.23. The highest BCUT2D eigenvalue weighted by molar-refractivity contribution is 5.97. The number of hydrogen-bond donors (Lipinski definition) is 3. The van der Waals surface area contributed by atoms with E-state index in [9.17, 15) is 27.5 Å². The minimum Gasteiger partial charge on any atom is -0.382 e. The third kappa shape index (κ3) is 4.55. The maximum absolute atomic E-state index is 14.7. The van der Waals surface area contributed by atoms with Gasteiger partial charge in [0.2, 0.25) is 5.95 Å². The first-order valence-corrected chi connectivity index (χ1v) is 10.1. The molecule has 0 saturated carbocycles. The molecular formula is C23H19F4N5O2. The molecule has 0 fully saturated rings. The molecule has 2 aromatic heterocycles. The van der Waals surface area contributed by atoms with Crippen molar-refractivity contribution in [3.05, 3.63) is 83.1 Å². The molecule has 0 aliphatic carbocycles. The summed E-state index contributed by atoms with van der Waals surface area (Å²) in [4.78, 5) is 16.7. The number of rotatable bonds is 6. The van der Waals surface area contributed by atoms with E-state index in [0.717, 1.165) is 30.3 Å². The molecule has 0 aliphatic rings. The van der Waals surface area contributed by atoms with Crippen LogP contribution in [0, 0.1) is 18.6 Å². The molecule has 1 unspecified atom stereocenters. The second-order valence-corrected chi connectivity index (χ2v) is 7.73. The van der Waals surface area contributed by atoms with Crippen LogP contribution in [-0.4, -0.2) is 38.1 Å². The number of aryl methyl sites for hydroxylation is 1. The number of nitrogens with one attached hydrogen (secondary N) is 1. The van der Waals surface area contributed by atoms with E-state index in [1.165, 1.54) is 29.8 Å². The van der Waals surface area contributed by atoms with E-state index in [1.54, 1.807) is 6.07 Å². The van der Waals surface area contributed by atoms with Crippen LogP contribution >= 0.6 is 0 Å². The standard InChI is InChI=1S/C23H19F4N5O2/c1-12-8-18(25)17(14-6-7-32-19(9-14)30-22(28)31-32)10-16(12)21(34)29-11-23(26,27)20(33)13-2-4-15(24)5-3-13/h2-10,20,33H,11H2,1H3,(H2,28,31)(H,29,34). The minimum absolute atomic E-state index is 0.0238. The first-order valence-electron chi connectivity index (χ1n) is 10.1. The van der Waals surface area contributed by atoms with Crippen molar-refractivity contribution in [1.82, 2.24) is 19.9 Å². The van der Waals surface area contributed by atoms with Gasteiger partial charge in [-0.3, -0.25) is 4.79 Å². The topological polar surface area (TPSA) is 106 Å². The molecule has 4 aromatic rings. The molecular weight excluding hydrogens is 454 g/mol. The van der Waals surface area contributed by atoms with Crippen molar-refractivity contribution in [3.63, 3.8) is 0 Å². The fraction of sp³-hybridized carbons (Fsp3) is 0.174. The Kier molecular flexibility index (Phi) is 5.96. The van der Waals surface area contributed by atoms with Crippen LogP contribution < -0.4 is 11.1 Å². The number of fused-ring (bicyclic) bond motifs is 1. The molecule has 4 rings (SSSR count). The summed E-state index contributed by atoms with van der Waals surface area (Å²) in [6, 6.07) is 9.40. The lowest BCUT2D eigenvalue weighted by Crippen LogP contribution is -2.41. The number of aromatic nitrogens is 3. The van der Waals surface area contributed by atoms with E-state index < -0.39 is 36.1 Å². The number of hydrogen-bond acceptors (Lipinski definition) is 5. The average Bonchev–Trinajstić information content (AvgIpc) is 3.17. The zero-order valence-corrected chi connectivity index (χ0v) is 17.8. The van der Waals surface area contributed by atoms with Gasteiger partial charge in [0.05, 0.1) is 6.54 Å². The molecule has 7 nitrogen and oxygen atoms in total. The summed E-state index contributed by atoms with van der Waals surface area (Å²) < 4.78 is 58.1. The highest BCUT2D eigenvalue weighted by Gasteiger charge is 2.40. The third-order valence-electron chi connectivity index (χ3n) is 5.29. The van der Waals surface area contributed by atoms with E-state index in [2.05, 4.69) is 15.4 Å². The number of pyridine rings is 1. The Hall–Kier alpha value is -3.99. The third-order valence-corrected chi connectivity index (χ3v) is 5.29. The molecule has 11 heteroatoms. The highest BCUT2D eigenvalue weighted by atomic mass is 19.3. The van der Waals surface area contributed by atoms with Gasteiger partial charge in [0.25, 0.3) is 11.8 Å². The lowest BCUT2D eigenvalue weighted by molar-refractivity contribution is -0.106. The van der Waals surface area contributed by atoms with Gasteiger partial charge in [-0.1, -0.05) is 12.1 Å². The number of nitrogen functional groups attached to an aromatic ring is 1. The first-order chi connectivity index (χ1) is 16.0. The van der Waals surface area contributed by atoms with Crippen molar-refractivity contribution in [2.24, 2.45) is 0 Å². The van der Waals surface area contributed by atoms with Crippen LogP contribution in [-0.2, 0) is 0 Å². The number of amides is 1. The zero-order valence-electron chi connectivity index (χ0n) is 17.8. The molecule has 0 radical (unpaired) electrons. The number of halogens is 4. The number of carbonyl (C=O) groups excluding carboxylic acids is 1. The predicted octanol–water partition coefficient (Wildman–Crippen LogP) is 3.66. The second kappa shape index (κ2) is 8.75. The van der Waals surface area contributed by atoms with Crippen LogP contribution in [0.4, 0.5) is 23.5 Å². The predicted molar refractivity (Wildman–Crippen MR) is 116 cm³/mol. The van der Waals surface area contributed by atoms with Crippen molar-refractivity contribution < 1.29 is 27.5 Å². The van der Waals surface area contributed by atoms with E-state index in [0.29, 0.717) is 11.2 Å². The summed E-state index contributed by atoms with van der Waals surface area (Å²) >= 11 is 0. The Morgan fingerprint density at radius 3 is 2.59 bits per heavy atom.